The van der Waals surface area contributed by atoms with Crippen LogP contribution in [-0.2, 0) is 33.4 Å². The molecule has 5 aromatic rings. The zero-order valence-electron chi connectivity index (χ0n) is 37.8. The van der Waals surface area contributed by atoms with E-state index in [0.29, 0.717) is 58.0 Å². The van der Waals surface area contributed by atoms with Crippen molar-refractivity contribution in [2.24, 2.45) is 11.8 Å². The molecule has 3 N–H and O–H groups in total. The Hall–Kier alpha value is -4.98. The molecule has 0 spiro atoms. The summed E-state index contributed by atoms with van der Waals surface area (Å²) >= 11 is 3.62. The van der Waals surface area contributed by atoms with Crippen LogP contribution in [0.5, 0.6) is 5.75 Å². The molecular formula is C49H58BrF2N8O4P. The number of pyridine rings is 1. The van der Waals surface area contributed by atoms with E-state index in [-0.39, 0.29) is 18.4 Å². The summed E-state index contributed by atoms with van der Waals surface area (Å²) in [6.07, 6.45) is 8.46. The number of fused-ring (bicyclic) bond motifs is 1. The van der Waals surface area contributed by atoms with Crippen molar-refractivity contribution >= 4 is 79.9 Å². The number of rotatable bonds is 14. The second kappa shape index (κ2) is 19.9. The molecule has 344 valence electrons. The number of hydrogen-bond donors (Lipinski definition) is 3. The Labute approximate surface area is 388 Å². The van der Waals surface area contributed by atoms with E-state index < -0.39 is 36.5 Å². The van der Waals surface area contributed by atoms with Crippen molar-refractivity contribution in [2.45, 2.75) is 77.6 Å². The Bertz CT molecular complexity index is 2620. The van der Waals surface area contributed by atoms with Crippen molar-refractivity contribution in [1.29, 1.82) is 0 Å². The summed E-state index contributed by atoms with van der Waals surface area (Å²) in [6.45, 7) is 12.3. The minimum absolute atomic E-state index is 0.0684. The first kappa shape index (κ1) is 46.5. The van der Waals surface area contributed by atoms with Gasteiger partial charge in [0.25, 0.3) is 0 Å². The minimum atomic E-state index is -2.74. The van der Waals surface area contributed by atoms with Crippen LogP contribution in [0.4, 0.5) is 37.6 Å². The molecule has 2 aromatic heterocycles. The highest BCUT2D eigenvalue weighted by molar-refractivity contribution is 9.10. The second-order valence-electron chi connectivity index (χ2n) is 17.9. The third-order valence-corrected chi connectivity index (χ3v) is 15.6. The molecule has 16 heteroatoms. The van der Waals surface area contributed by atoms with Crippen LogP contribution in [0.15, 0.2) is 59.2 Å². The zero-order chi connectivity index (χ0) is 46.0. The van der Waals surface area contributed by atoms with Gasteiger partial charge in [0.1, 0.15) is 30.3 Å². The van der Waals surface area contributed by atoms with Crippen LogP contribution < -0.4 is 30.9 Å². The molecule has 12 nitrogen and oxygen atoms in total. The first-order valence-electron chi connectivity index (χ1n) is 22.8. The molecule has 0 aliphatic carbocycles. The molecule has 3 aromatic carbocycles. The first-order valence-corrected chi connectivity index (χ1v) is 26.2. The summed E-state index contributed by atoms with van der Waals surface area (Å²) in [5.41, 5.74) is 5.96. The van der Waals surface area contributed by atoms with E-state index in [2.05, 4.69) is 72.6 Å². The maximum absolute atomic E-state index is 15.1. The number of nitrogens with one attached hydrogen (secondary N) is 3. The van der Waals surface area contributed by atoms with Crippen molar-refractivity contribution in [3.63, 3.8) is 0 Å². The molecule has 2 amide bonds. The number of aryl methyl sites for hydroxylation is 2. The maximum atomic E-state index is 15.1. The molecule has 1 atom stereocenters. The summed E-state index contributed by atoms with van der Waals surface area (Å²) in [6, 6.07) is 14.8. The molecule has 8 rings (SSSR count). The lowest BCUT2D eigenvalue weighted by molar-refractivity contribution is -0.134. The summed E-state index contributed by atoms with van der Waals surface area (Å²) in [5.74, 6) is -0.615. The van der Waals surface area contributed by atoms with E-state index in [0.717, 1.165) is 92.3 Å². The van der Waals surface area contributed by atoms with Gasteiger partial charge in [-0.05, 0) is 153 Å². The molecule has 3 saturated heterocycles. The fourth-order valence-corrected chi connectivity index (χ4v) is 11.7. The SMILES string of the molecule is CCc1ccc2c(P(C)(C)=O)c(Nc3nc(Nc4cc(CC)c(N5CCC(C6CCN(CCc7cc(F)c([C@H]8CCC(=O)NC8=O)c(F)c7)CC6)CC5)cc4OC)ncc3Br)ccc2n1. The van der Waals surface area contributed by atoms with E-state index in [1.54, 1.807) is 26.6 Å². The van der Waals surface area contributed by atoms with Crippen LogP contribution in [0.25, 0.3) is 10.9 Å². The fraction of sp³-hybridized carbons (Fsp3) is 0.449. The highest BCUT2D eigenvalue weighted by Gasteiger charge is 2.34. The number of imide groups is 1. The number of ether oxygens (including phenoxy) is 1. The van der Waals surface area contributed by atoms with Gasteiger partial charge in [0.15, 0.2) is 0 Å². The van der Waals surface area contributed by atoms with Gasteiger partial charge in [0.05, 0.1) is 34.4 Å². The van der Waals surface area contributed by atoms with Gasteiger partial charge in [0, 0.05) is 66.0 Å². The summed E-state index contributed by atoms with van der Waals surface area (Å²) < 4.78 is 50.6. The Morgan fingerprint density at radius 3 is 2.23 bits per heavy atom. The summed E-state index contributed by atoms with van der Waals surface area (Å²) in [5, 5.41) is 10.6. The lowest BCUT2D eigenvalue weighted by Crippen LogP contribution is -2.41. The van der Waals surface area contributed by atoms with E-state index in [9.17, 15) is 14.2 Å². The lowest BCUT2D eigenvalue weighted by Gasteiger charge is -2.41. The fourth-order valence-electron chi connectivity index (χ4n) is 9.96. The highest BCUT2D eigenvalue weighted by Crippen LogP contribution is 2.43. The van der Waals surface area contributed by atoms with Crippen molar-refractivity contribution < 1.29 is 27.7 Å². The Kier molecular flexibility index (Phi) is 14.2. The van der Waals surface area contributed by atoms with Gasteiger partial charge in [-0.25, -0.2) is 13.8 Å². The summed E-state index contributed by atoms with van der Waals surface area (Å²) in [7, 11) is -1.07. The van der Waals surface area contributed by atoms with E-state index >= 15 is 8.78 Å². The van der Waals surface area contributed by atoms with Gasteiger partial charge in [0.2, 0.25) is 17.8 Å². The highest BCUT2D eigenvalue weighted by atomic mass is 79.9. The average Bonchev–Trinajstić information content (AvgIpc) is 3.29. The number of hydrogen-bond acceptors (Lipinski definition) is 11. The summed E-state index contributed by atoms with van der Waals surface area (Å²) in [4.78, 5) is 42.9. The van der Waals surface area contributed by atoms with Crippen LogP contribution in [-0.4, -0.2) is 84.8 Å². The number of piperidine rings is 3. The van der Waals surface area contributed by atoms with Gasteiger partial charge in [-0.3, -0.25) is 19.9 Å². The van der Waals surface area contributed by atoms with Crippen LogP contribution in [0.3, 0.4) is 0 Å². The lowest BCUT2D eigenvalue weighted by atomic mass is 9.78. The molecule has 5 heterocycles. The number of aromatic nitrogens is 3. The van der Waals surface area contributed by atoms with E-state index in [1.807, 2.05) is 24.3 Å². The number of methoxy groups -OCH3 is 1. The molecule has 0 radical (unpaired) electrons. The van der Waals surface area contributed by atoms with Gasteiger partial charge in [-0.15, -0.1) is 0 Å². The number of carbonyl (C=O) groups excluding carboxylic acids is 2. The predicted octanol–water partition coefficient (Wildman–Crippen LogP) is 9.63. The number of amides is 2. The number of benzene rings is 3. The van der Waals surface area contributed by atoms with Crippen LogP contribution in [0.1, 0.15) is 80.7 Å². The van der Waals surface area contributed by atoms with Crippen molar-refractivity contribution in [3.05, 3.63) is 93.2 Å². The number of carbonyl (C=O) groups is 2. The van der Waals surface area contributed by atoms with Crippen molar-refractivity contribution in [3.8, 4) is 5.75 Å². The maximum Gasteiger partial charge on any atom is 0.234 e. The van der Waals surface area contributed by atoms with Crippen molar-refractivity contribution in [2.75, 3.05) is 68.7 Å². The molecule has 3 fully saturated rings. The van der Waals surface area contributed by atoms with Gasteiger partial charge >= 0.3 is 0 Å². The molecule has 3 aliphatic heterocycles. The standard InChI is InChI=1S/C49H58BrF2N8O4P/c1-6-30-26-41(56-49-53-28-36(50)47(58-49)55-40-12-11-39-34(46(40)65(4,5)63)9-8-33(7-2)54-39)43(64-3)27-42(30)60-22-17-32(18-23-60)31-15-20-59(21-16-31)19-14-29-24-37(51)45(38(52)25-29)35-10-13-44(61)57-48(35)62/h8-9,11-12,24-28,31-32,35H,6-7,10,13-23H2,1-5H3,(H,57,61,62)(H2,53,55,56,58)/t35-/m1/s1. The Morgan fingerprint density at radius 1 is 0.877 bits per heavy atom. The van der Waals surface area contributed by atoms with Crippen LogP contribution in [0, 0.1) is 23.5 Å². The quantitative estimate of drug-likeness (QED) is 0.0724. The van der Waals surface area contributed by atoms with Crippen molar-refractivity contribution in [1.82, 2.24) is 25.2 Å². The normalized spacial score (nSPS) is 18.0. The third kappa shape index (κ3) is 10.4. The molecular weight excluding hydrogens is 913 g/mol. The molecule has 0 bridgehead atoms. The number of halogens is 3. The Morgan fingerprint density at radius 2 is 1.58 bits per heavy atom. The number of anilines is 5. The average molecular weight is 972 g/mol. The van der Waals surface area contributed by atoms with Gasteiger partial charge < -0.3 is 29.7 Å². The molecule has 0 saturated carbocycles. The van der Waals surface area contributed by atoms with Gasteiger partial charge in [-0.2, -0.15) is 4.98 Å². The Balaban J connectivity index is 0.874. The molecule has 3 aliphatic rings. The zero-order valence-corrected chi connectivity index (χ0v) is 40.3. The molecule has 65 heavy (non-hydrogen) atoms. The largest absolute Gasteiger partial charge is 0.494 e. The van der Waals surface area contributed by atoms with Crippen LogP contribution >= 0.6 is 23.1 Å². The molecule has 0 unspecified atom stereocenters. The monoisotopic (exact) mass is 970 g/mol. The van der Waals surface area contributed by atoms with Crippen LogP contribution in [0.2, 0.25) is 0 Å². The third-order valence-electron chi connectivity index (χ3n) is 13.4. The number of nitrogens with zero attached hydrogens (tertiary/aromatic N) is 5. The second-order valence-corrected chi connectivity index (χ2v) is 21.9. The topological polar surface area (TPSA) is 142 Å². The smallest absolute Gasteiger partial charge is 0.234 e. The van der Waals surface area contributed by atoms with E-state index in [4.69, 9.17) is 14.7 Å². The van der Waals surface area contributed by atoms with Gasteiger partial charge in [-0.1, -0.05) is 19.9 Å². The predicted molar refractivity (Wildman–Crippen MR) is 258 cm³/mol. The number of likely N-dealkylation sites (tertiary alicyclic amines) is 1. The minimum Gasteiger partial charge on any atom is -0.494 e. The first-order chi connectivity index (χ1) is 31.2. The van der Waals surface area contributed by atoms with E-state index in [1.165, 1.54) is 23.4 Å².